The van der Waals surface area contributed by atoms with Gasteiger partial charge in [-0.3, -0.25) is 5.41 Å². The summed E-state index contributed by atoms with van der Waals surface area (Å²) in [5, 5.41) is 7.08. The largest absolute Gasteiger partial charge is 0.412 e. The third-order valence-electron chi connectivity index (χ3n) is 1.40. The van der Waals surface area contributed by atoms with Crippen LogP contribution in [0.3, 0.4) is 0 Å². The van der Waals surface area contributed by atoms with Crippen LogP contribution in [0.2, 0.25) is 0 Å². The molecule has 0 heterocycles. The van der Waals surface area contributed by atoms with Crippen molar-refractivity contribution < 1.29 is 5.48 Å². The predicted molar refractivity (Wildman–Crippen MR) is 57.1 cm³/mol. The molecule has 0 saturated carbocycles. The van der Waals surface area contributed by atoms with Gasteiger partial charge >= 0.3 is 0 Å². The highest BCUT2D eigenvalue weighted by molar-refractivity contribution is 5.96. The van der Waals surface area contributed by atoms with Crippen molar-refractivity contribution in [2.45, 2.75) is 0 Å². The maximum Gasteiger partial charge on any atom is 0.122 e. The lowest BCUT2D eigenvalue weighted by molar-refractivity contribution is 0.824. The Morgan fingerprint density at radius 3 is 2.08 bits per heavy atom. The smallest absolute Gasteiger partial charge is 0.122 e. The van der Waals surface area contributed by atoms with Gasteiger partial charge in [-0.05, 0) is 18.2 Å². The number of anilines is 2. The first-order chi connectivity index (χ1) is 5.11. The zero-order valence-corrected chi connectivity index (χ0v) is 7.69. The van der Waals surface area contributed by atoms with Gasteiger partial charge in [0.25, 0.3) is 0 Å². The van der Waals surface area contributed by atoms with Gasteiger partial charge in [-0.1, -0.05) is 0 Å². The Labute approximate surface area is 82.1 Å². The second-order valence-electron chi connectivity index (χ2n) is 2.26. The van der Waals surface area contributed by atoms with E-state index in [4.69, 9.17) is 22.6 Å². The van der Waals surface area contributed by atoms with E-state index in [0.29, 0.717) is 16.9 Å². The second kappa shape index (κ2) is 5.23. The van der Waals surface area contributed by atoms with E-state index in [9.17, 15) is 0 Å². The summed E-state index contributed by atoms with van der Waals surface area (Å²) in [5.74, 6) is -0.00306. The Morgan fingerprint density at radius 2 is 1.69 bits per heavy atom. The highest BCUT2D eigenvalue weighted by atomic mass is 35.5. The molecule has 1 aromatic rings. The van der Waals surface area contributed by atoms with Gasteiger partial charge < -0.3 is 22.7 Å². The van der Waals surface area contributed by atoms with E-state index in [1.165, 1.54) is 0 Å². The molecule has 0 aliphatic rings. The predicted octanol–water partition coefficient (Wildman–Crippen LogP) is -0.268. The first-order valence-electron chi connectivity index (χ1n) is 3.10. The number of hydrogen-bond acceptors (Lipinski definition) is 3. The molecule has 1 rings (SSSR count). The van der Waals surface area contributed by atoms with Crippen molar-refractivity contribution in [1.82, 2.24) is 0 Å². The van der Waals surface area contributed by atoms with Crippen LogP contribution in [-0.4, -0.2) is 11.3 Å². The highest BCUT2D eigenvalue weighted by Gasteiger charge is 1.98. The molecule has 5 nitrogen and oxygen atoms in total. The average molecular weight is 205 g/mol. The summed E-state index contributed by atoms with van der Waals surface area (Å²) in [7, 11) is 0. The SMILES string of the molecule is Cl.N=C(N)c1ccc(N)c(N)c1.O. The molecule has 0 aliphatic carbocycles. The molecular weight excluding hydrogens is 192 g/mol. The van der Waals surface area contributed by atoms with Crippen LogP contribution in [0.1, 0.15) is 5.56 Å². The summed E-state index contributed by atoms with van der Waals surface area (Å²) < 4.78 is 0. The van der Waals surface area contributed by atoms with E-state index in [1.54, 1.807) is 18.2 Å². The van der Waals surface area contributed by atoms with Gasteiger partial charge in [0.2, 0.25) is 0 Å². The van der Waals surface area contributed by atoms with Crippen LogP contribution in [0, 0.1) is 5.41 Å². The molecule has 0 radical (unpaired) electrons. The van der Waals surface area contributed by atoms with Crippen molar-refractivity contribution in [2.75, 3.05) is 11.5 Å². The molecule has 6 heteroatoms. The van der Waals surface area contributed by atoms with Gasteiger partial charge in [-0.25, -0.2) is 0 Å². The lowest BCUT2D eigenvalue weighted by Gasteiger charge is -2.01. The van der Waals surface area contributed by atoms with Crippen LogP contribution < -0.4 is 17.2 Å². The van der Waals surface area contributed by atoms with Crippen LogP contribution in [0.25, 0.3) is 0 Å². The van der Waals surface area contributed by atoms with Crippen molar-refractivity contribution in [3.05, 3.63) is 23.8 Å². The zero-order chi connectivity index (χ0) is 8.43. The third-order valence-corrected chi connectivity index (χ3v) is 1.40. The maximum atomic E-state index is 7.08. The lowest BCUT2D eigenvalue weighted by Crippen LogP contribution is -2.11. The summed E-state index contributed by atoms with van der Waals surface area (Å²) in [6, 6.07) is 4.87. The number of benzene rings is 1. The molecule has 0 unspecified atom stereocenters. The molecular formula is C7H13ClN4O. The van der Waals surface area contributed by atoms with Crippen molar-refractivity contribution >= 4 is 29.6 Å². The zero-order valence-electron chi connectivity index (χ0n) is 6.87. The topological polar surface area (TPSA) is 133 Å². The maximum absolute atomic E-state index is 7.08. The minimum Gasteiger partial charge on any atom is -0.412 e. The fourth-order valence-electron chi connectivity index (χ4n) is 0.742. The van der Waals surface area contributed by atoms with Crippen LogP contribution in [0.15, 0.2) is 18.2 Å². The van der Waals surface area contributed by atoms with Gasteiger partial charge in [-0.15, -0.1) is 12.4 Å². The molecule has 0 saturated heterocycles. The van der Waals surface area contributed by atoms with Gasteiger partial charge in [0.15, 0.2) is 0 Å². The Bertz CT molecular complexity index is 303. The monoisotopic (exact) mass is 204 g/mol. The number of amidine groups is 1. The Kier molecular flexibility index (Phi) is 5.67. The fraction of sp³-hybridized carbons (Fsp3) is 0. The number of halogens is 1. The summed E-state index contributed by atoms with van der Waals surface area (Å²) >= 11 is 0. The number of hydrogen-bond donors (Lipinski definition) is 4. The average Bonchev–Trinajstić information content (AvgIpc) is 1.94. The quantitative estimate of drug-likeness (QED) is 0.285. The summed E-state index contributed by atoms with van der Waals surface area (Å²) in [4.78, 5) is 0. The van der Waals surface area contributed by atoms with Gasteiger partial charge in [0.05, 0.1) is 11.4 Å². The first kappa shape index (κ1) is 14.1. The molecule has 0 spiro atoms. The molecule has 0 aromatic heterocycles. The molecule has 74 valence electrons. The standard InChI is InChI=1S/C7H10N4.ClH.H2O/c8-5-2-1-4(7(10)11)3-6(5)9;;/h1-3H,8-9H2,(H3,10,11);1H;1H2. The molecule has 0 fully saturated rings. The Morgan fingerprint density at radius 1 is 1.15 bits per heavy atom. The lowest BCUT2D eigenvalue weighted by atomic mass is 10.1. The Balaban J connectivity index is 0. The first-order valence-corrected chi connectivity index (χ1v) is 3.10. The van der Waals surface area contributed by atoms with Crippen LogP contribution in [0.5, 0.6) is 0 Å². The normalized spacial score (nSPS) is 8.00. The number of nitrogen functional groups attached to an aromatic ring is 3. The molecule has 0 bridgehead atoms. The molecule has 0 amide bonds. The van der Waals surface area contributed by atoms with E-state index < -0.39 is 0 Å². The van der Waals surface area contributed by atoms with Crippen LogP contribution >= 0.6 is 12.4 Å². The van der Waals surface area contributed by atoms with E-state index in [0.717, 1.165) is 0 Å². The minimum absolute atomic E-state index is 0. The second-order valence-corrected chi connectivity index (χ2v) is 2.26. The summed E-state index contributed by atoms with van der Waals surface area (Å²) in [6.45, 7) is 0. The fourth-order valence-corrected chi connectivity index (χ4v) is 0.742. The minimum atomic E-state index is -0.00306. The van der Waals surface area contributed by atoms with E-state index >= 15 is 0 Å². The summed E-state index contributed by atoms with van der Waals surface area (Å²) in [5.41, 5.74) is 17.7. The van der Waals surface area contributed by atoms with Crippen molar-refractivity contribution in [2.24, 2.45) is 5.73 Å². The molecule has 0 atom stereocenters. The molecule has 13 heavy (non-hydrogen) atoms. The van der Waals surface area contributed by atoms with Crippen LogP contribution in [0.4, 0.5) is 11.4 Å². The van der Waals surface area contributed by atoms with Gasteiger partial charge in [0, 0.05) is 5.56 Å². The van der Waals surface area contributed by atoms with Crippen molar-refractivity contribution in [3.8, 4) is 0 Å². The number of nitrogens with one attached hydrogen (secondary N) is 1. The van der Waals surface area contributed by atoms with E-state index in [2.05, 4.69) is 0 Å². The van der Waals surface area contributed by atoms with Crippen molar-refractivity contribution in [3.63, 3.8) is 0 Å². The highest BCUT2D eigenvalue weighted by Crippen LogP contribution is 2.15. The van der Waals surface area contributed by atoms with Crippen LogP contribution in [-0.2, 0) is 0 Å². The number of rotatable bonds is 1. The molecule has 9 N–H and O–H groups in total. The summed E-state index contributed by atoms with van der Waals surface area (Å²) in [6.07, 6.45) is 0. The molecule has 1 aromatic carbocycles. The van der Waals surface area contributed by atoms with Crippen molar-refractivity contribution in [1.29, 1.82) is 5.41 Å². The van der Waals surface area contributed by atoms with E-state index in [-0.39, 0.29) is 23.7 Å². The Hall–Kier alpha value is -1.46. The van der Waals surface area contributed by atoms with E-state index in [1.807, 2.05) is 0 Å². The van der Waals surface area contributed by atoms with Gasteiger partial charge in [0.1, 0.15) is 5.84 Å². The number of nitrogens with two attached hydrogens (primary N) is 3. The van der Waals surface area contributed by atoms with Gasteiger partial charge in [-0.2, -0.15) is 0 Å². The third kappa shape index (κ3) is 3.18. The molecule has 0 aliphatic heterocycles.